The fraction of sp³-hybridized carbons (Fsp3) is 0.500. The molecule has 0 saturated carbocycles. The quantitative estimate of drug-likeness (QED) is 0.809. The minimum absolute atomic E-state index is 0.0682. The summed E-state index contributed by atoms with van der Waals surface area (Å²) in [5.41, 5.74) is 2.14. The number of amides is 1. The molecule has 1 fully saturated rings. The summed E-state index contributed by atoms with van der Waals surface area (Å²) in [6, 6.07) is 5.87. The molecule has 19 heavy (non-hydrogen) atoms. The Hall–Kier alpha value is -1.26. The van der Waals surface area contributed by atoms with E-state index >= 15 is 0 Å². The minimum atomic E-state index is 0.0682. The molecule has 0 spiro atoms. The Bertz CT molecular complexity index is 450. The van der Waals surface area contributed by atoms with E-state index in [1.165, 1.54) is 0 Å². The lowest BCUT2D eigenvalue weighted by molar-refractivity contribution is -0.120. The second kappa shape index (κ2) is 6.78. The van der Waals surface area contributed by atoms with E-state index in [4.69, 9.17) is 11.6 Å². The average molecular weight is 282 g/mol. The smallest absolute Gasteiger partial charge is 0.239 e. The van der Waals surface area contributed by atoms with Crippen LogP contribution in [0.15, 0.2) is 18.2 Å². The van der Waals surface area contributed by atoms with Gasteiger partial charge in [0.2, 0.25) is 5.91 Å². The van der Waals surface area contributed by atoms with Crippen LogP contribution in [0, 0.1) is 0 Å². The van der Waals surface area contributed by atoms with Crippen LogP contribution in [0.25, 0.3) is 0 Å². The molecule has 0 radical (unpaired) electrons. The lowest BCUT2D eigenvalue weighted by Gasteiger charge is -2.30. The summed E-state index contributed by atoms with van der Waals surface area (Å²) in [5.74, 6) is 0.0682. The molecule has 1 aromatic carbocycles. The molecule has 0 bridgehead atoms. The van der Waals surface area contributed by atoms with Gasteiger partial charge in [-0.15, -0.1) is 0 Å². The number of rotatable bonds is 5. The molecule has 2 rings (SSSR count). The molecular weight excluding hydrogens is 262 g/mol. The van der Waals surface area contributed by atoms with Crippen molar-refractivity contribution in [2.45, 2.75) is 19.9 Å². The van der Waals surface area contributed by atoms with Gasteiger partial charge in [-0.2, -0.15) is 0 Å². The minimum Gasteiger partial charge on any atom is -0.360 e. The van der Waals surface area contributed by atoms with E-state index in [-0.39, 0.29) is 5.91 Å². The number of carbonyl (C=O) groups is 1. The van der Waals surface area contributed by atoms with E-state index in [2.05, 4.69) is 22.5 Å². The number of hydrogen-bond acceptors (Lipinski definition) is 3. The first-order chi connectivity index (χ1) is 9.22. The van der Waals surface area contributed by atoms with Crippen molar-refractivity contribution in [2.24, 2.45) is 0 Å². The molecule has 1 amide bonds. The molecule has 1 aliphatic rings. The predicted molar refractivity (Wildman–Crippen MR) is 78.7 cm³/mol. The summed E-state index contributed by atoms with van der Waals surface area (Å²) in [6.07, 6.45) is 1.09. The SMILES string of the molecule is CCCNCc1c(Cl)cccc1N1CCNC(=O)C1. The highest BCUT2D eigenvalue weighted by Gasteiger charge is 2.19. The van der Waals surface area contributed by atoms with Gasteiger partial charge in [0.25, 0.3) is 0 Å². The molecule has 0 unspecified atom stereocenters. The molecule has 1 heterocycles. The maximum absolute atomic E-state index is 11.5. The Morgan fingerprint density at radius 2 is 2.32 bits per heavy atom. The van der Waals surface area contributed by atoms with Crippen LogP contribution in [0.1, 0.15) is 18.9 Å². The fourth-order valence-corrected chi connectivity index (χ4v) is 2.49. The molecule has 0 aliphatic carbocycles. The Balaban J connectivity index is 2.18. The van der Waals surface area contributed by atoms with Gasteiger partial charge < -0.3 is 15.5 Å². The normalized spacial score (nSPS) is 15.5. The fourth-order valence-electron chi connectivity index (χ4n) is 2.25. The van der Waals surface area contributed by atoms with E-state index in [1.807, 2.05) is 18.2 Å². The zero-order chi connectivity index (χ0) is 13.7. The standard InChI is InChI=1S/C14H20ClN3O/c1-2-6-16-9-11-12(15)4-3-5-13(11)18-8-7-17-14(19)10-18/h3-5,16H,2,6-10H2,1H3,(H,17,19). The summed E-state index contributed by atoms with van der Waals surface area (Å²) in [4.78, 5) is 13.6. The van der Waals surface area contributed by atoms with Gasteiger partial charge in [-0.3, -0.25) is 4.79 Å². The molecule has 2 N–H and O–H groups in total. The summed E-state index contributed by atoms with van der Waals surface area (Å²) >= 11 is 6.30. The number of carbonyl (C=O) groups excluding carboxylic acids is 1. The lowest BCUT2D eigenvalue weighted by atomic mass is 10.1. The van der Waals surface area contributed by atoms with Gasteiger partial charge >= 0.3 is 0 Å². The first-order valence-corrected chi connectivity index (χ1v) is 7.10. The van der Waals surface area contributed by atoms with Crippen LogP contribution in [-0.2, 0) is 11.3 Å². The Labute approximate surface area is 119 Å². The summed E-state index contributed by atoms with van der Waals surface area (Å²) in [6.45, 7) is 5.75. The van der Waals surface area contributed by atoms with Crippen molar-refractivity contribution in [1.29, 1.82) is 0 Å². The van der Waals surface area contributed by atoms with E-state index < -0.39 is 0 Å². The number of anilines is 1. The van der Waals surface area contributed by atoms with Crippen LogP contribution in [0.4, 0.5) is 5.69 Å². The second-order valence-corrected chi connectivity index (χ2v) is 5.09. The van der Waals surface area contributed by atoms with E-state index in [9.17, 15) is 4.79 Å². The summed E-state index contributed by atoms with van der Waals surface area (Å²) < 4.78 is 0. The number of nitrogens with one attached hydrogen (secondary N) is 2. The Kier molecular flexibility index (Phi) is 5.05. The molecule has 1 aliphatic heterocycles. The van der Waals surface area contributed by atoms with Crippen molar-refractivity contribution in [3.63, 3.8) is 0 Å². The van der Waals surface area contributed by atoms with E-state index in [0.717, 1.165) is 42.3 Å². The van der Waals surface area contributed by atoms with Crippen molar-refractivity contribution in [3.05, 3.63) is 28.8 Å². The molecular formula is C14H20ClN3O. The first-order valence-electron chi connectivity index (χ1n) is 6.72. The Morgan fingerprint density at radius 1 is 1.47 bits per heavy atom. The molecule has 5 heteroatoms. The van der Waals surface area contributed by atoms with Crippen LogP contribution in [-0.4, -0.2) is 32.1 Å². The van der Waals surface area contributed by atoms with E-state index in [1.54, 1.807) is 0 Å². The average Bonchev–Trinajstić information content (AvgIpc) is 2.41. The van der Waals surface area contributed by atoms with Crippen molar-refractivity contribution in [1.82, 2.24) is 10.6 Å². The molecule has 4 nitrogen and oxygen atoms in total. The highest BCUT2D eigenvalue weighted by atomic mass is 35.5. The monoisotopic (exact) mass is 281 g/mol. The van der Waals surface area contributed by atoms with Gasteiger partial charge in [0.1, 0.15) is 0 Å². The van der Waals surface area contributed by atoms with Gasteiger partial charge in [0, 0.05) is 35.9 Å². The predicted octanol–water partition coefficient (Wildman–Crippen LogP) is 1.78. The number of piperazine rings is 1. The summed E-state index contributed by atoms with van der Waals surface area (Å²) in [7, 11) is 0. The highest BCUT2D eigenvalue weighted by Crippen LogP contribution is 2.27. The van der Waals surface area contributed by atoms with Gasteiger partial charge in [0.05, 0.1) is 6.54 Å². The molecule has 0 atom stereocenters. The van der Waals surface area contributed by atoms with Crippen molar-refractivity contribution in [2.75, 3.05) is 31.1 Å². The molecule has 1 aromatic rings. The zero-order valence-electron chi connectivity index (χ0n) is 11.2. The number of nitrogens with zero attached hydrogens (tertiary/aromatic N) is 1. The van der Waals surface area contributed by atoms with Crippen LogP contribution in [0.2, 0.25) is 5.02 Å². The van der Waals surface area contributed by atoms with Crippen LogP contribution in [0.3, 0.4) is 0 Å². The topological polar surface area (TPSA) is 44.4 Å². The lowest BCUT2D eigenvalue weighted by Crippen LogP contribution is -2.48. The summed E-state index contributed by atoms with van der Waals surface area (Å²) in [5, 5.41) is 6.97. The van der Waals surface area contributed by atoms with Crippen molar-refractivity contribution >= 4 is 23.2 Å². The van der Waals surface area contributed by atoms with Crippen molar-refractivity contribution < 1.29 is 4.79 Å². The number of hydrogen-bond donors (Lipinski definition) is 2. The molecule has 1 saturated heterocycles. The number of halogens is 1. The Morgan fingerprint density at radius 3 is 3.05 bits per heavy atom. The largest absolute Gasteiger partial charge is 0.360 e. The van der Waals surface area contributed by atoms with Crippen LogP contribution in [0.5, 0.6) is 0 Å². The van der Waals surface area contributed by atoms with Gasteiger partial charge in [0.15, 0.2) is 0 Å². The zero-order valence-corrected chi connectivity index (χ0v) is 12.0. The van der Waals surface area contributed by atoms with Crippen molar-refractivity contribution in [3.8, 4) is 0 Å². The number of benzene rings is 1. The maximum Gasteiger partial charge on any atom is 0.239 e. The van der Waals surface area contributed by atoms with E-state index in [0.29, 0.717) is 13.1 Å². The third-order valence-electron chi connectivity index (χ3n) is 3.20. The van der Waals surface area contributed by atoms with Crippen LogP contribution >= 0.6 is 11.6 Å². The molecule has 104 valence electrons. The third-order valence-corrected chi connectivity index (χ3v) is 3.56. The van der Waals surface area contributed by atoms with Gasteiger partial charge in [-0.1, -0.05) is 24.6 Å². The van der Waals surface area contributed by atoms with Gasteiger partial charge in [-0.05, 0) is 25.1 Å². The highest BCUT2D eigenvalue weighted by molar-refractivity contribution is 6.31. The van der Waals surface area contributed by atoms with Gasteiger partial charge in [-0.25, -0.2) is 0 Å². The van der Waals surface area contributed by atoms with Crippen LogP contribution < -0.4 is 15.5 Å². The maximum atomic E-state index is 11.5. The second-order valence-electron chi connectivity index (χ2n) is 4.69. The molecule has 0 aromatic heterocycles. The first kappa shape index (κ1) is 14.2. The third kappa shape index (κ3) is 3.61.